The molecule has 0 fully saturated rings. The van der Waals surface area contributed by atoms with E-state index in [1.54, 1.807) is 14.2 Å². The highest BCUT2D eigenvalue weighted by atomic mass is 16.5. The van der Waals surface area contributed by atoms with Crippen LogP contribution in [-0.2, 0) is 6.42 Å². The second kappa shape index (κ2) is 5.48. The summed E-state index contributed by atoms with van der Waals surface area (Å²) >= 11 is 0. The molecule has 21 heavy (non-hydrogen) atoms. The van der Waals surface area contributed by atoms with E-state index in [0.717, 1.165) is 28.8 Å². The monoisotopic (exact) mass is 283 g/mol. The van der Waals surface area contributed by atoms with E-state index in [2.05, 4.69) is 24.0 Å². The minimum Gasteiger partial charge on any atom is -0.497 e. The molecule has 0 saturated carbocycles. The van der Waals surface area contributed by atoms with Crippen molar-refractivity contribution >= 4 is 11.1 Å². The number of aryl methyl sites for hydroxylation is 1. The lowest BCUT2D eigenvalue weighted by atomic mass is 10.1. The summed E-state index contributed by atoms with van der Waals surface area (Å²) in [6, 6.07) is 11.6. The zero-order valence-electron chi connectivity index (χ0n) is 12.3. The number of hydrogen-bond acceptors (Lipinski definition) is 4. The van der Waals surface area contributed by atoms with Crippen LogP contribution in [-0.4, -0.2) is 19.2 Å². The van der Waals surface area contributed by atoms with E-state index in [1.165, 1.54) is 5.56 Å². The van der Waals surface area contributed by atoms with Crippen molar-refractivity contribution in [3.63, 3.8) is 0 Å². The SMILES string of the molecule is CCc1ccc2oc(-c3cc(OC)ccc3OC)nc2c1. The van der Waals surface area contributed by atoms with Crippen molar-refractivity contribution < 1.29 is 13.9 Å². The van der Waals surface area contributed by atoms with Crippen LogP contribution in [0, 0.1) is 0 Å². The number of oxazole rings is 1. The van der Waals surface area contributed by atoms with E-state index in [4.69, 9.17) is 13.9 Å². The molecule has 0 unspecified atom stereocenters. The standard InChI is InChI=1S/C17H17NO3/c1-4-11-5-7-16-14(9-11)18-17(21-16)13-10-12(19-2)6-8-15(13)20-3/h5-10H,4H2,1-3H3. The van der Waals surface area contributed by atoms with Crippen LogP contribution in [0.4, 0.5) is 0 Å². The first-order valence-corrected chi connectivity index (χ1v) is 6.87. The van der Waals surface area contributed by atoms with Gasteiger partial charge in [-0.2, -0.15) is 0 Å². The summed E-state index contributed by atoms with van der Waals surface area (Å²) in [5, 5.41) is 0. The Bertz CT molecular complexity index is 777. The molecular formula is C17H17NO3. The Morgan fingerprint density at radius 3 is 2.62 bits per heavy atom. The zero-order valence-corrected chi connectivity index (χ0v) is 12.3. The largest absolute Gasteiger partial charge is 0.497 e. The Balaban J connectivity index is 2.15. The van der Waals surface area contributed by atoms with Crippen LogP contribution in [0.3, 0.4) is 0 Å². The third kappa shape index (κ3) is 2.44. The number of rotatable bonds is 4. The highest BCUT2D eigenvalue weighted by Gasteiger charge is 2.14. The van der Waals surface area contributed by atoms with Gasteiger partial charge in [0.1, 0.15) is 17.0 Å². The van der Waals surface area contributed by atoms with Gasteiger partial charge >= 0.3 is 0 Å². The normalized spacial score (nSPS) is 10.8. The molecule has 0 atom stereocenters. The number of ether oxygens (including phenoxy) is 2. The molecule has 0 spiro atoms. The molecule has 3 aromatic rings. The average molecular weight is 283 g/mol. The maximum Gasteiger partial charge on any atom is 0.231 e. The van der Waals surface area contributed by atoms with Crippen LogP contribution in [0.1, 0.15) is 12.5 Å². The molecule has 0 aliphatic heterocycles. The summed E-state index contributed by atoms with van der Waals surface area (Å²) in [6.07, 6.45) is 0.973. The zero-order chi connectivity index (χ0) is 14.8. The summed E-state index contributed by atoms with van der Waals surface area (Å²) in [4.78, 5) is 4.57. The lowest BCUT2D eigenvalue weighted by molar-refractivity contribution is 0.403. The van der Waals surface area contributed by atoms with Crippen LogP contribution >= 0.6 is 0 Å². The van der Waals surface area contributed by atoms with Gasteiger partial charge in [-0.25, -0.2) is 4.98 Å². The summed E-state index contributed by atoms with van der Waals surface area (Å²) in [7, 11) is 3.26. The molecule has 0 amide bonds. The maximum absolute atomic E-state index is 5.85. The Morgan fingerprint density at radius 2 is 1.90 bits per heavy atom. The Morgan fingerprint density at radius 1 is 1.05 bits per heavy atom. The van der Waals surface area contributed by atoms with Gasteiger partial charge in [-0.1, -0.05) is 13.0 Å². The summed E-state index contributed by atoms with van der Waals surface area (Å²) in [5.41, 5.74) is 3.65. The number of fused-ring (bicyclic) bond motifs is 1. The molecule has 0 aliphatic carbocycles. The van der Waals surface area contributed by atoms with Gasteiger partial charge in [0.05, 0.1) is 19.8 Å². The van der Waals surface area contributed by atoms with Gasteiger partial charge in [-0.05, 0) is 42.3 Å². The molecule has 0 radical (unpaired) electrons. The summed E-state index contributed by atoms with van der Waals surface area (Å²) in [5.74, 6) is 1.98. The Kier molecular flexibility index (Phi) is 3.52. The molecule has 4 nitrogen and oxygen atoms in total. The molecule has 0 aliphatic rings. The fraction of sp³-hybridized carbons (Fsp3) is 0.235. The first-order valence-electron chi connectivity index (χ1n) is 6.87. The summed E-state index contributed by atoms with van der Waals surface area (Å²) < 4.78 is 16.5. The number of methoxy groups -OCH3 is 2. The van der Waals surface area contributed by atoms with Crippen molar-refractivity contribution in [1.82, 2.24) is 4.98 Å². The molecular weight excluding hydrogens is 266 g/mol. The van der Waals surface area contributed by atoms with Crippen molar-refractivity contribution in [3.8, 4) is 23.0 Å². The molecule has 2 aromatic carbocycles. The number of hydrogen-bond donors (Lipinski definition) is 0. The second-order valence-corrected chi connectivity index (χ2v) is 4.74. The molecule has 0 saturated heterocycles. The van der Waals surface area contributed by atoms with Gasteiger partial charge in [0.25, 0.3) is 0 Å². The minimum atomic E-state index is 0.536. The van der Waals surface area contributed by atoms with E-state index in [-0.39, 0.29) is 0 Å². The molecule has 0 N–H and O–H groups in total. The van der Waals surface area contributed by atoms with Gasteiger partial charge in [0.2, 0.25) is 5.89 Å². The van der Waals surface area contributed by atoms with Crippen molar-refractivity contribution in [2.24, 2.45) is 0 Å². The number of aromatic nitrogens is 1. The quantitative estimate of drug-likeness (QED) is 0.724. The molecule has 1 heterocycles. The Labute approximate surface area is 123 Å². The van der Waals surface area contributed by atoms with E-state index < -0.39 is 0 Å². The average Bonchev–Trinajstić information content (AvgIpc) is 2.96. The van der Waals surface area contributed by atoms with Crippen LogP contribution in [0.2, 0.25) is 0 Å². The lowest BCUT2D eigenvalue weighted by Gasteiger charge is -2.07. The van der Waals surface area contributed by atoms with E-state index in [9.17, 15) is 0 Å². The molecule has 3 rings (SSSR count). The smallest absolute Gasteiger partial charge is 0.231 e. The summed E-state index contributed by atoms with van der Waals surface area (Å²) in [6.45, 7) is 2.12. The van der Waals surface area contributed by atoms with E-state index in [0.29, 0.717) is 11.6 Å². The predicted octanol–water partition coefficient (Wildman–Crippen LogP) is 4.07. The molecule has 4 heteroatoms. The van der Waals surface area contributed by atoms with Crippen LogP contribution < -0.4 is 9.47 Å². The van der Waals surface area contributed by atoms with Crippen molar-refractivity contribution in [3.05, 3.63) is 42.0 Å². The van der Waals surface area contributed by atoms with Crippen LogP contribution in [0.15, 0.2) is 40.8 Å². The third-order valence-corrected chi connectivity index (χ3v) is 3.50. The molecule has 1 aromatic heterocycles. The van der Waals surface area contributed by atoms with E-state index >= 15 is 0 Å². The van der Waals surface area contributed by atoms with Gasteiger partial charge in [0, 0.05) is 0 Å². The van der Waals surface area contributed by atoms with Crippen molar-refractivity contribution in [2.45, 2.75) is 13.3 Å². The van der Waals surface area contributed by atoms with Crippen LogP contribution in [0.25, 0.3) is 22.6 Å². The fourth-order valence-electron chi connectivity index (χ4n) is 2.29. The topological polar surface area (TPSA) is 44.5 Å². The Hall–Kier alpha value is -2.49. The highest BCUT2D eigenvalue weighted by molar-refractivity contribution is 5.78. The minimum absolute atomic E-state index is 0.536. The molecule has 108 valence electrons. The van der Waals surface area contributed by atoms with Gasteiger partial charge in [-0.15, -0.1) is 0 Å². The highest BCUT2D eigenvalue weighted by Crippen LogP contribution is 2.34. The van der Waals surface area contributed by atoms with Crippen LogP contribution in [0.5, 0.6) is 11.5 Å². The van der Waals surface area contributed by atoms with Crippen molar-refractivity contribution in [1.29, 1.82) is 0 Å². The third-order valence-electron chi connectivity index (χ3n) is 3.50. The predicted molar refractivity (Wildman–Crippen MR) is 81.9 cm³/mol. The van der Waals surface area contributed by atoms with E-state index in [1.807, 2.05) is 24.3 Å². The van der Waals surface area contributed by atoms with Gasteiger partial charge in [0.15, 0.2) is 5.58 Å². The lowest BCUT2D eigenvalue weighted by Crippen LogP contribution is -1.90. The molecule has 0 bridgehead atoms. The first kappa shape index (κ1) is 13.5. The maximum atomic E-state index is 5.85. The first-order chi connectivity index (χ1) is 10.2. The number of benzene rings is 2. The second-order valence-electron chi connectivity index (χ2n) is 4.74. The van der Waals surface area contributed by atoms with Crippen molar-refractivity contribution in [2.75, 3.05) is 14.2 Å². The van der Waals surface area contributed by atoms with Gasteiger partial charge in [-0.3, -0.25) is 0 Å². The fourth-order valence-corrected chi connectivity index (χ4v) is 2.29. The van der Waals surface area contributed by atoms with Gasteiger partial charge < -0.3 is 13.9 Å². The number of nitrogens with zero attached hydrogens (tertiary/aromatic N) is 1.